The Morgan fingerprint density at radius 1 is 1.03 bits per heavy atom. The van der Waals surface area contributed by atoms with E-state index in [9.17, 15) is 9.59 Å². The van der Waals surface area contributed by atoms with Gasteiger partial charge in [0.05, 0.1) is 23.6 Å². The van der Waals surface area contributed by atoms with Gasteiger partial charge in [0, 0.05) is 23.0 Å². The van der Waals surface area contributed by atoms with E-state index >= 15 is 0 Å². The molecule has 0 radical (unpaired) electrons. The molecule has 0 spiro atoms. The molecule has 2 aromatic carbocycles. The molecule has 2 heterocycles. The highest BCUT2D eigenvalue weighted by molar-refractivity contribution is 7.99. The predicted octanol–water partition coefficient (Wildman–Crippen LogP) is 4.62. The molecule has 1 N–H and O–H groups in total. The number of hydrogen-bond acceptors (Lipinski definition) is 6. The summed E-state index contributed by atoms with van der Waals surface area (Å²) < 4.78 is 8.71. The summed E-state index contributed by atoms with van der Waals surface area (Å²) in [6.45, 7) is 1.98. The zero-order valence-electron chi connectivity index (χ0n) is 17.6. The number of thioether (sulfide) groups is 1. The second kappa shape index (κ2) is 10.4. The van der Waals surface area contributed by atoms with Crippen LogP contribution in [0.2, 0.25) is 5.02 Å². The minimum Gasteiger partial charge on any atom is -0.462 e. The van der Waals surface area contributed by atoms with Gasteiger partial charge in [-0.1, -0.05) is 35.5 Å². The maximum Gasteiger partial charge on any atom is 0.340 e. The van der Waals surface area contributed by atoms with Gasteiger partial charge >= 0.3 is 5.97 Å². The highest BCUT2D eigenvalue weighted by atomic mass is 35.5. The largest absolute Gasteiger partial charge is 0.462 e. The fourth-order valence-electron chi connectivity index (χ4n) is 3.10. The molecule has 0 saturated heterocycles. The number of carbonyl (C=O) groups is 2. The van der Waals surface area contributed by atoms with Gasteiger partial charge in [-0.15, -0.1) is 10.2 Å². The van der Waals surface area contributed by atoms with Crippen molar-refractivity contribution in [1.82, 2.24) is 19.5 Å². The van der Waals surface area contributed by atoms with Crippen LogP contribution in [0, 0.1) is 0 Å². The Balaban J connectivity index is 1.53. The first-order valence-electron chi connectivity index (χ1n) is 10.1. The standard InChI is InChI=1S/C23H20ClN5O3S/c1-2-32-22(31)18-7-3-4-8-19(18)25-20(30)15-33-23-27-26-21(16-9-11-17(24)12-10-16)29(23)28-13-5-6-14-28/h3-14H,2,15H2,1H3,(H,25,30). The van der Waals surface area contributed by atoms with E-state index in [-0.39, 0.29) is 18.3 Å². The molecule has 0 aliphatic carbocycles. The average molecular weight is 482 g/mol. The summed E-state index contributed by atoms with van der Waals surface area (Å²) >= 11 is 7.25. The summed E-state index contributed by atoms with van der Waals surface area (Å²) in [6.07, 6.45) is 3.73. The number of hydrogen-bond donors (Lipinski definition) is 1. The second-order valence-corrected chi connectivity index (χ2v) is 8.17. The molecule has 0 atom stereocenters. The third-order valence-corrected chi connectivity index (χ3v) is 5.73. The van der Waals surface area contributed by atoms with Crippen molar-refractivity contribution in [2.75, 3.05) is 17.7 Å². The van der Waals surface area contributed by atoms with Crippen molar-refractivity contribution in [3.8, 4) is 11.4 Å². The van der Waals surface area contributed by atoms with Crippen LogP contribution in [0.3, 0.4) is 0 Å². The molecule has 0 unspecified atom stereocenters. The highest BCUT2D eigenvalue weighted by Crippen LogP contribution is 2.26. The zero-order chi connectivity index (χ0) is 23.2. The Hall–Kier alpha value is -3.56. The number of anilines is 1. The van der Waals surface area contributed by atoms with Crippen LogP contribution < -0.4 is 5.32 Å². The molecule has 33 heavy (non-hydrogen) atoms. The molecule has 0 bridgehead atoms. The van der Waals surface area contributed by atoms with Gasteiger partial charge in [0.15, 0.2) is 5.82 Å². The summed E-state index contributed by atoms with van der Waals surface area (Å²) in [6, 6.07) is 17.8. The number of benzene rings is 2. The molecule has 4 aromatic rings. The van der Waals surface area contributed by atoms with Gasteiger partial charge in [-0.3, -0.25) is 9.47 Å². The first-order valence-corrected chi connectivity index (χ1v) is 11.5. The highest BCUT2D eigenvalue weighted by Gasteiger charge is 2.18. The lowest BCUT2D eigenvalue weighted by molar-refractivity contribution is -0.113. The van der Waals surface area contributed by atoms with Crippen LogP contribution in [0.15, 0.2) is 78.2 Å². The molecule has 0 aliphatic heterocycles. The van der Waals surface area contributed by atoms with E-state index in [4.69, 9.17) is 16.3 Å². The lowest BCUT2D eigenvalue weighted by Crippen LogP contribution is -2.18. The van der Waals surface area contributed by atoms with Gasteiger partial charge < -0.3 is 10.1 Å². The Labute approximate surface area is 199 Å². The maximum absolute atomic E-state index is 12.7. The molecule has 0 fully saturated rings. The van der Waals surface area contributed by atoms with Crippen molar-refractivity contribution in [1.29, 1.82) is 0 Å². The molecule has 0 saturated carbocycles. The molecule has 0 aliphatic rings. The molecule has 1 amide bonds. The number of rotatable bonds is 8. The summed E-state index contributed by atoms with van der Waals surface area (Å²) in [5, 5.41) is 12.6. The first-order chi connectivity index (χ1) is 16.1. The summed E-state index contributed by atoms with van der Waals surface area (Å²) in [7, 11) is 0. The lowest BCUT2D eigenvalue weighted by atomic mass is 10.2. The van der Waals surface area contributed by atoms with Gasteiger partial charge in [0.2, 0.25) is 11.1 Å². The van der Waals surface area contributed by atoms with Crippen molar-refractivity contribution in [2.45, 2.75) is 12.1 Å². The minimum absolute atomic E-state index is 0.0666. The lowest BCUT2D eigenvalue weighted by Gasteiger charge is -2.12. The fourth-order valence-corrected chi connectivity index (χ4v) is 3.96. The Kier molecular flexibility index (Phi) is 7.11. The van der Waals surface area contributed by atoms with E-state index in [0.29, 0.717) is 27.3 Å². The van der Waals surface area contributed by atoms with E-state index in [1.807, 2.05) is 46.0 Å². The van der Waals surface area contributed by atoms with Crippen molar-refractivity contribution >= 4 is 40.9 Å². The van der Waals surface area contributed by atoms with Crippen LogP contribution in [-0.4, -0.2) is 43.8 Å². The number of para-hydroxylation sites is 1. The summed E-state index contributed by atoms with van der Waals surface area (Å²) in [5.41, 5.74) is 1.54. The van der Waals surface area contributed by atoms with Gasteiger partial charge in [-0.25, -0.2) is 9.47 Å². The minimum atomic E-state index is -0.485. The third-order valence-electron chi connectivity index (χ3n) is 4.56. The Morgan fingerprint density at radius 3 is 2.48 bits per heavy atom. The molecule has 2 aromatic heterocycles. The van der Waals surface area contributed by atoms with E-state index in [0.717, 1.165) is 5.56 Å². The first kappa shape index (κ1) is 22.6. The van der Waals surface area contributed by atoms with Crippen LogP contribution in [0.5, 0.6) is 0 Å². The van der Waals surface area contributed by atoms with Crippen molar-refractivity contribution < 1.29 is 14.3 Å². The zero-order valence-corrected chi connectivity index (χ0v) is 19.2. The van der Waals surface area contributed by atoms with E-state index in [2.05, 4.69) is 15.5 Å². The number of nitrogens with zero attached hydrogens (tertiary/aromatic N) is 4. The van der Waals surface area contributed by atoms with Gasteiger partial charge in [-0.2, -0.15) is 0 Å². The molecular weight excluding hydrogens is 462 g/mol. The van der Waals surface area contributed by atoms with Gasteiger partial charge in [-0.05, 0) is 55.5 Å². The summed E-state index contributed by atoms with van der Waals surface area (Å²) in [5.74, 6) is -0.0942. The normalized spacial score (nSPS) is 10.7. The maximum atomic E-state index is 12.7. The van der Waals surface area contributed by atoms with Crippen molar-refractivity contribution in [3.05, 3.63) is 83.6 Å². The smallest absolute Gasteiger partial charge is 0.340 e. The molecule has 168 valence electrons. The predicted molar refractivity (Wildman–Crippen MR) is 127 cm³/mol. The molecular formula is C23H20ClN5O3S. The quantitative estimate of drug-likeness (QED) is 0.292. The number of aromatic nitrogens is 4. The molecule has 4 rings (SSSR count). The van der Waals surface area contributed by atoms with Crippen LogP contribution in [0.4, 0.5) is 5.69 Å². The number of carbonyl (C=O) groups excluding carboxylic acids is 2. The van der Waals surface area contributed by atoms with Crippen molar-refractivity contribution in [2.24, 2.45) is 0 Å². The molecule has 10 heteroatoms. The van der Waals surface area contributed by atoms with Crippen molar-refractivity contribution in [3.63, 3.8) is 0 Å². The Bertz CT molecular complexity index is 1260. The van der Waals surface area contributed by atoms with Crippen LogP contribution in [-0.2, 0) is 9.53 Å². The topological polar surface area (TPSA) is 91.0 Å². The molecule has 8 nitrogen and oxygen atoms in total. The van der Waals surface area contributed by atoms with E-state index < -0.39 is 5.97 Å². The number of halogens is 1. The SMILES string of the molecule is CCOC(=O)c1ccccc1NC(=O)CSc1nnc(-c2ccc(Cl)cc2)n1-n1cccc1. The van der Waals surface area contributed by atoms with Gasteiger partial charge in [0.25, 0.3) is 0 Å². The number of esters is 1. The van der Waals surface area contributed by atoms with Crippen LogP contribution in [0.25, 0.3) is 11.4 Å². The summed E-state index contributed by atoms with van der Waals surface area (Å²) in [4.78, 5) is 24.8. The second-order valence-electron chi connectivity index (χ2n) is 6.79. The monoisotopic (exact) mass is 481 g/mol. The fraction of sp³-hybridized carbons (Fsp3) is 0.130. The van der Waals surface area contributed by atoms with Crippen LogP contribution in [0.1, 0.15) is 17.3 Å². The average Bonchev–Trinajstić information content (AvgIpc) is 3.48. The third kappa shape index (κ3) is 5.27. The van der Waals surface area contributed by atoms with Gasteiger partial charge in [0.1, 0.15) is 0 Å². The van der Waals surface area contributed by atoms with E-state index in [1.165, 1.54) is 11.8 Å². The van der Waals surface area contributed by atoms with E-state index in [1.54, 1.807) is 43.3 Å². The van der Waals surface area contributed by atoms with Crippen LogP contribution >= 0.6 is 23.4 Å². The number of ether oxygens (including phenoxy) is 1. The number of nitrogens with one attached hydrogen (secondary N) is 1. The number of amides is 1. The Morgan fingerprint density at radius 2 is 1.76 bits per heavy atom.